The molecule has 1 aromatic carbocycles. The molecule has 3 rings (SSSR count). The van der Waals surface area contributed by atoms with Gasteiger partial charge in [0, 0.05) is 50.1 Å². The Bertz CT molecular complexity index is 807. The molecule has 1 atom stereocenters. The summed E-state index contributed by atoms with van der Waals surface area (Å²) in [6.45, 7) is 5.58. The molecule has 1 N–H and O–H groups in total. The van der Waals surface area contributed by atoms with E-state index in [1.165, 1.54) is 4.90 Å². The third-order valence-corrected chi connectivity index (χ3v) is 5.90. The van der Waals surface area contributed by atoms with Gasteiger partial charge in [0.25, 0.3) is 5.91 Å². The molecule has 8 heteroatoms. The Morgan fingerprint density at radius 3 is 2.37 bits per heavy atom. The van der Waals surface area contributed by atoms with Crippen molar-refractivity contribution in [1.29, 1.82) is 0 Å². The van der Waals surface area contributed by atoms with E-state index in [9.17, 15) is 23.2 Å². The van der Waals surface area contributed by atoms with Gasteiger partial charge in [0.15, 0.2) is 0 Å². The number of hydrogen-bond donors (Lipinski definition) is 1. The fourth-order valence-electron chi connectivity index (χ4n) is 4.08. The van der Waals surface area contributed by atoms with Crippen LogP contribution in [0.15, 0.2) is 18.2 Å². The number of hydrogen-bond acceptors (Lipinski definition) is 3. The average molecular weight is 421 g/mol. The van der Waals surface area contributed by atoms with E-state index in [-0.39, 0.29) is 35.3 Å². The number of amides is 3. The first-order valence-electron chi connectivity index (χ1n) is 10.6. The third kappa shape index (κ3) is 5.15. The molecule has 0 saturated carbocycles. The molecule has 0 bridgehead atoms. The van der Waals surface area contributed by atoms with Crippen LogP contribution < -0.4 is 5.32 Å². The highest BCUT2D eigenvalue weighted by Gasteiger charge is 2.33. The summed E-state index contributed by atoms with van der Waals surface area (Å²) >= 11 is 0. The molecule has 1 aromatic rings. The van der Waals surface area contributed by atoms with E-state index in [0.717, 1.165) is 25.0 Å². The van der Waals surface area contributed by atoms with Crippen LogP contribution in [0.25, 0.3) is 0 Å². The van der Waals surface area contributed by atoms with E-state index >= 15 is 0 Å². The minimum atomic E-state index is -0.874. The molecule has 2 aliphatic heterocycles. The van der Waals surface area contributed by atoms with Crippen LogP contribution in [0.3, 0.4) is 0 Å². The predicted molar refractivity (Wildman–Crippen MR) is 108 cm³/mol. The van der Waals surface area contributed by atoms with Crippen LogP contribution in [0.4, 0.5) is 8.78 Å². The predicted octanol–water partition coefficient (Wildman–Crippen LogP) is 2.58. The number of carbonyl (C=O) groups excluding carboxylic acids is 3. The number of benzene rings is 1. The summed E-state index contributed by atoms with van der Waals surface area (Å²) in [5, 5.41) is 3.01. The maximum atomic E-state index is 13.9. The number of halogens is 2. The first kappa shape index (κ1) is 22.2. The second-order valence-corrected chi connectivity index (χ2v) is 8.48. The van der Waals surface area contributed by atoms with Gasteiger partial charge in [-0.1, -0.05) is 13.8 Å². The summed E-state index contributed by atoms with van der Waals surface area (Å²) in [5.74, 6) is -2.31. The lowest BCUT2D eigenvalue weighted by molar-refractivity contribution is -0.139. The minimum absolute atomic E-state index is 0.00542. The van der Waals surface area contributed by atoms with E-state index < -0.39 is 17.5 Å². The maximum Gasteiger partial charge on any atom is 0.256 e. The lowest BCUT2D eigenvalue weighted by atomic mass is 9.93. The fourth-order valence-corrected chi connectivity index (χ4v) is 4.08. The molecule has 2 fully saturated rings. The summed E-state index contributed by atoms with van der Waals surface area (Å²) in [6.07, 6.45) is 2.72. The molecule has 164 valence electrons. The normalized spacial score (nSPS) is 20.4. The summed E-state index contributed by atoms with van der Waals surface area (Å²) in [4.78, 5) is 40.8. The molecule has 2 aliphatic rings. The Balaban J connectivity index is 1.53. The summed E-state index contributed by atoms with van der Waals surface area (Å²) in [7, 11) is 0. The first-order valence-corrected chi connectivity index (χ1v) is 10.6. The molecule has 1 unspecified atom stereocenters. The van der Waals surface area contributed by atoms with Crippen molar-refractivity contribution in [2.75, 3.05) is 26.2 Å². The smallest absolute Gasteiger partial charge is 0.256 e. The number of nitrogens with one attached hydrogen (secondary N) is 1. The quantitative estimate of drug-likeness (QED) is 0.813. The Labute approximate surface area is 175 Å². The van der Waals surface area contributed by atoms with Gasteiger partial charge in [0.05, 0.1) is 5.56 Å². The zero-order chi connectivity index (χ0) is 21.8. The van der Waals surface area contributed by atoms with Crippen molar-refractivity contribution in [3.63, 3.8) is 0 Å². The average Bonchev–Trinajstić information content (AvgIpc) is 2.73. The van der Waals surface area contributed by atoms with Crippen LogP contribution in [0.1, 0.15) is 49.9 Å². The Morgan fingerprint density at radius 1 is 1.03 bits per heavy atom. The van der Waals surface area contributed by atoms with Gasteiger partial charge in [0.2, 0.25) is 11.8 Å². The Kier molecular flexibility index (Phi) is 7.05. The summed E-state index contributed by atoms with van der Waals surface area (Å²) < 4.78 is 27.0. The highest BCUT2D eigenvalue weighted by molar-refractivity contribution is 5.94. The molecular formula is C22H29F2N3O3. The van der Waals surface area contributed by atoms with E-state index in [0.29, 0.717) is 45.1 Å². The lowest BCUT2D eigenvalue weighted by Crippen LogP contribution is -2.52. The van der Waals surface area contributed by atoms with E-state index in [4.69, 9.17) is 0 Å². The van der Waals surface area contributed by atoms with E-state index in [1.54, 1.807) is 0 Å². The third-order valence-electron chi connectivity index (χ3n) is 5.90. The SMILES string of the molecule is CC(C)C(=O)NC1CCCN(C(=O)C2CCN(C(=O)c3ccc(F)cc3F)CC2)C1. The Hall–Kier alpha value is -2.51. The molecule has 0 aliphatic carbocycles. The van der Waals surface area contributed by atoms with Gasteiger partial charge in [-0.05, 0) is 37.8 Å². The van der Waals surface area contributed by atoms with E-state index in [2.05, 4.69) is 5.32 Å². The van der Waals surface area contributed by atoms with Crippen molar-refractivity contribution in [1.82, 2.24) is 15.1 Å². The molecule has 3 amide bonds. The second kappa shape index (κ2) is 9.53. The maximum absolute atomic E-state index is 13.9. The van der Waals surface area contributed by atoms with Crippen LogP contribution >= 0.6 is 0 Å². The molecule has 0 radical (unpaired) electrons. The van der Waals surface area contributed by atoms with Crippen LogP contribution in [0.5, 0.6) is 0 Å². The largest absolute Gasteiger partial charge is 0.351 e. The van der Waals surface area contributed by atoms with Crippen molar-refractivity contribution in [3.8, 4) is 0 Å². The van der Waals surface area contributed by atoms with Crippen molar-refractivity contribution >= 4 is 17.7 Å². The number of likely N-dealkylation sites (tertiary alicyclic amines) is 2. The highest BCUT2D eigenvalue weighted by Crippen LogP contribution is 2.24. The fraction of sp³-hybridized carbons (Fsp3) is 0.591. The van der Waals surface area contributed by atoms with Crippen molar-refractivity contribution in [2.24, 2.45) is 11.8 Å². The van der Waals surface area contributed by atoms with Gasteiger partial charge in [0.1, 0.15) is 11.6 Å². The van der Waals surface area contributed by atoms with Gasteiger partial charge < -0.3 is 15.1 Å². The van der Waals surface area contributed by atoms with Gasteiger partial charge >= 0.3 is 0 Å². The Morgan fingerprint density at radius 2 is 1.73 bits per heavy atom. The van der Waals surface area contributed by atoms with Crippen molar-refractivity contribution < 1.29 is 23.2 Å². The minimum Gasteiger partial charge on any atom is -0.351 e. The number of rotatable bonds is 4. The van der Waals surface area contributed by atoms with Crippen LogP contribution in [-0.2, 0) is 9.59 Å². The molecule has 2 saturated heterocycles. The number of nitrogens with zero attached hydrogens (tertiary/aromatic N) is 2. The summed E-state index contributed by atoms with van der Waals surface area (Å²) in [5.41, 5.74) is -0.152. The van der Waals surface area contributed by atoms with Crippen molar-refractivity contribution in [2.45, 2.75) is 45.6 Å². The molecule has 0 aromatic heterocycles. The second-order valence-electron chi connectivity index (χ2n) is 8.48. The van der Waals surface area contributed by atoms with Crippen molar-refractivity contribution in [3.05, 3.63) is 35.4 Å². The van der Waals surface area contributed by atoms with Gasteiger partial charge in [-0.15, -0.1) is 0 Å². The first-order chi connectivity index (χ1) is 14.3. The zero-order valence-corrected chi connectivity index (χ0v) is 17.5. The van der Waals surface area contributed by atoms with Crippen LogP contribution in [-0.4, -0.2) is 59.7 Å². The van der Waals surface area contributed by atoms with Crippen LogP contribution in [0.2, 0.25) is 0 Å². The zero-order valence-electron chi connectivity index (χ0n) is 17.5. The topological polar surface area (TPSA) is 69.7 Å². The molecular weight excluding hydrogens is 392 g/mol. The van der Waals surface area contributed by atoms with Crippen LogP contribution in [0, 0.1) is 23.5 Å². The molecule has 0 spiro atoms. The van der Waals surface area contributed by atoms with E-state index in [1.807, 2.05) is 18.7 Å². The monoisotopic (exact) mass is 421 g/mol. The number of carbonyl (C=O) groups is 3. The van der Waals surface area contributed by atoms with Gasteiger partial charge in [-0.2, -0.15) is 0 Å². The molecule has 2 heterocycles. The van der Waals surface area contributed by atoms with Gasteiger partial charge in [-0.3, -0.25) is 14.4 Å². The number of piperidine rings is 2. The van der Waals surface area contributed by atoms with Gasteiger partial charge in [-0.25, -0.2) is 8.78 Å². The standard InChI is InChI=1S/C22H29F2N3O3/c1-14(2)20(28)25-17-4-3-9-27(13-17)21(29)15-7-10-26(11-8-15)22(30)18-6-5-16(23)12-19(18)24/h5-6,12,14-15,17H,3-4,7-11,13H2,1-2H3,(H,25,28). The molecule has 6 nitrogen and oxygen atoms in total. The summed E-state index contributed by atoms with van der Waals surface area (Å²) in [6, 6.07) is 2.90. The highest BCUT2D eigenvalue weighted by atomic mass is 19.1. The lowest BCUT2D eigenvalue weighted by Gasteiger charge is -2.38. The molecule has 30 heavy (non-hydrogen) atoms.